The summed E-state index contributed by atoms with van der Waals surface area (Å²) < 4.78 is 5.19. The first-order valence-corrected chi connectivity index (χ1v) is 11.0. The number of carbonyl (C=O) groups is 2. The van der Waals surface area contributed by atoms with E-state index in [9.17, 15) is 9.59 Å². The van der Waals surface area contributed by atoms with E-state index in [0.717, 1.165) is 25.7 Å². The van der Waals surface area contributed by atoms with Gasteiger partial charge in [-0.3, -0.25) is 9.59 Å². The Morgan fingerprint density at radius 3 is 2.70 bits per heavy atom. The molecule has 1 aliphatic carbocycles. The molecular formula is C22H29ClN4O3. The summed E-state index contributed by atoms with van der Waals surface area (Å²) in [6.45, 7) is 4.00. The monoisotopic (exact) mass is 432 g/mol. The second kappa shape index (κ2) is 10.6. The van der Waals surface area contributed by atoms with Crippen LogP contribution < -0.4 is 10.6 Å². The van der Waals surface area contributed by atoms with Gasteiger partial charge in [-0.1, -0.05) is 49.9 Å². The lowest BCUT2D eigenvalue weighted by molar-refractivity contribution is -0.116. The molecule has 3 rings (SSSR count). The van der Waals surface area contributed by atoms with Crippen molar-refractivity contribution in [1.29, 1.82) is 0 Å². The molecule has 0 atom stereocenters. The van der Waals surface area contributed by atoms with Crippen LogP contribution in [0.4, 0.5) is 5.69 Å². The molecule has 0 saturated heterocycles. The first-order chi connectivity index (χ1) is 14.4. The van der Waals surface area contributed by atoms with Crippen LogP contribution in [-0.2, 0) is 11.2 Å². The average Bonchev–Trinajstić information content (AvgIpc) is 3.19. The Kier molecular flexibility index (Phi) is 7.85. The third-order valence-corrected chi connectivity index (χ3v) is 5.56. The van der Waals surface area contributed by atoms with E-state index < -0.39 is 0 Å². The van der Waals surface area contributed by atoms with Gasteiger partial charge in [0, 0.05) is 30.5 Å². The van der Waals surface area contributed by atoms with Crippen molar-refractivity contribution in [3.8, 4) is 0 Å². The number of amides is 2. The number of halogens is 1. The zero-order chi connectivity index (χ0) is 21.5. The van der Waals surface area contributed by atoms with Gasteiger partial charge in [0.2, 0.25) is 11.8 Å². The highest BCUT2D eigenvalue weighted by atomic mass is 35.5. The van der Waals surface area contributed by atoms with E-state index in [2.05, 4.69) is 20.8 Å². The Hall–Kier alpha value is -2.41. The minimum Gasteiger partial charge on any atom is -0.349 e. The fraction of sp³-hybridized carbons (Fsp3) is 0.545. The first-order valence-electron chi connectivity index (χ1n) is 10.6. The molecule has 1 heterocycles. The largest absolute Gasteiger partial charge is 0.349 e. The molecule has 2 N–H and O–H groups in total. The van der Waals surface area contributed by atoms with Gasteiger partial charge in [-0.05, 0) is 37.5 Å². The lowest BCUT2D eigenvalue weighted by Gasteiger charge is -2.23. The molecule has 0 bridgehead atoms. The maximum Gasteiger partial charge on any atom is 0.253 e. The smallest absolute Gasteiger partial charge is 0.253 e. The molecule has 1 aromatic heterocycles. The SMILES string of the molecule is CC(C)c1noc(CCCC(=O)Nc2ccc(Cl)c(C(=O)NC3CCCCC3)c2)n1. The number of hydrogen-bond acceptors (Lipinski definition) is 5. The maximum atomic E-state index is 12.6. The van der Waals surface area contributed by atoms with Crippen LogP contribution in [0, 0.1) is 0 Å². The second-order valence-electron chi connectivity index (χ2n) is 8.11. The third kappa shape index (κ3) is 6.29. The minimum absolute atomic E-state index is 0.139. The van der Waals surface area contributed by atoms with Crippen molar-refractivity contribution >= 4 is 29.1 Å². The van der Waals surface area contributed by atoms with Crippen LogP contribution in [0.15, 0.2) is 22.7 Å². The number of nitrogens with zero attached hydrogens (tertiary/aromatic N) is 2. The molecule has 0 spiro atoms. The number of hydrogen-bond donors (Lipinski definition) is 2. The summed E-state index contributed by atoms with van der Waals surface area (Å²) in [6.07, 6.45) is 6.94. The highest BCUT2D eigenvalue weighted by molar-refractivity contribution is 6.34. The average molecular weight is 433 g/mol. The lowest BCUT2D eigenvalue weighted by atomic mass is 9.95. The van der Waals surface area contributed by atoms with Gasteiger partial charge in [-0.2, -0.15) is 4.98 Å². The zero-order valence-corrected chi connectivity index (χ0v) is 18.3. The van der Waals surface area contributed by atoms with Crippen LogP contribution in [0.2, 0.25) is 5.02 Å². The van der Waals surface area contributed by atoms with Crippen molar-refractivity contribution in [3.05, 3.63) is 40.5 Å². The Labute approximate surface area is 182 Å². The summed E-state index contributed by atoms with van der Waals surface area (Å²) in [6, 6.07) is 5.16. The van der Waals surface area contributed by atoms with Crippen molar-refractivity contribution in [2.24, 2.45) is 0 Å². The van der Waals surface area contributed by atoms with E-state index in [4.69, 9.17) is 16.1 Å². The van der Waals surface area contributed by atoms with Crippen LogP contribution in [0.5, 0.6) is 0 Å². The minimum atomic E-state index is -0.194. The molecule has 1 aliphatic rings. The Morgan fingerprint density at radius 2 is 2.00 bits per heavy atom. The number of benzene rings is 1. The van der Waals surface area contributed by atoms with Gasteiger partial charge >= 0.3 is 0 Å². The van der Waals surface area contributed by atoms with Crippen LogP contribution >= 0.6 is 11.6 Å². The van der Waals surface area contributed by atoms with E-state index in [-0.39, 0.29) is 23.8 Å². The standard InChI is InChI=1S/C22H29ClN4O3/c1-14(2)21-26-20(30-27-21)10-6-9-19(28)24-16-11-12-18(23)17(13-16)22(29)25-15-7-4-3-5-8-15/h11-15H,3-10H2,1-2H3,(H,24,28)(H,25,29). The quantitative estimate of drug-likeness (QED) is 0.620. The fourth-order valence-electron chi connectivity index (χ4n) is 3.51. The number of anilines is 1. The highest BCUT2D eigenvalue weighted by Gasteiger charge is 2.19. The van der Waals surface area contributed by atoms with Gasteiger partial charge in [0.15, 0.2) is 5.82 Å². The van der Waals surface area contributed by atoms with Crippen LogP contribution in [0.3, 0.4) is 0 Å². The van der Waals surface area contributed by atoms with E-state index in [1.54, 1.807) is 18.2 Å². The highest BCUT2D eigenvalue weighted by Crippen LogP contribution is 2.23. The molecule has 1 aromatic carbocycles. The maximum absolute atomic E-state index is 12.6. The molecule has 1 fully saturated rings. The summed E-state index contributed by atoms with van der Waals surface area (Å²) in [4.78, 5) is 29.2. The Bertz CT molecular complexity index is 875. The normalized spacial score (nSPS) is 14.7. The van der Waals surface area contributed by atoms with Crippen molar-refractivity contribution in [3.63, 3.8) is 0 Å². The molecule has 2 amide bonds. The topological polar surface area (TPSA) is 97.1 Å². The van der Waals surface area contributed by atoms with Gasteiger partial charge in [0.25, 0.3) is 5.91 Å². The molecule has 7 nitrogen and oxygen atoms in total. The van der Waals surface area contributed by atoms with E-state index in [1.165, 1.54) is 6.42 Å². The molecule has 0 radical (unpaired) electrons. The molecule has 8 heteroatoms. The molecule has 30 heavy (non-hydrogen) atoms. The number of nitrogens with one attached hydrogen (secondary N) is 2. The fourth-order valence-corrected chi connectivity index (χ4v) is 3.72. The first kappa shape index (κ1) is 22.3. The predicted octanol–water partition coefficient (Wildman–Crippen LogP) is 4.87. The third-order valence-electron chi connectivity index (χ3n) is 5.23. The van der Waals surface area contributed by atoms with Crippen LogP contribution in [-0.4, -0.2) is 28.0 Å². The summed E-state index contributed by atoms with van der Waals surface area (Å²) in [5.74, 6) is 1.09. The van der Waals surface area contributed by atoms with Gasteiger partial charge in [0.1, 0.15) is 0 Å². The van der Waals surface area contributed by atoms with Gasteiger partial charge in [0.05, 0.1) is 10.6 Å². The number of aromatic nitrogens is 2. The molecular weight excluding hydrogens is 404 g/mol. The lowest BCUT2D eigenvalue weighted by Crippen LogP contribution is -2.36. The summed E-state index contributed by atoms with van der Waals surface area (Å²) in [5.41, 5.74) is 0.935. The number of aryl methyl sites for hydroxylation is 1. The molecule has 0 unspecified atom stereocenters. The van der Waals surface area contributed by atoms with E-state index in [0.29, 0.717) is 47.3 Å². The summed E-state index contributed by atoms with van der Waals surface area (Å²) in [5, 5.41) is 10.2. The predicted molar refractivity (Wildman–Crippen MR) is 116 cm³/mol. The van der Waals surface area contributed by atoms with Crippen LogP contribution in [0.25, 0.3) is 0 Å². The van der Waals surface area contributed by atoms with Crippen molar-refractivity contribution in [2.75, 3.05) is 5.32 Å². The number of rotatable bonds is 8. The molecule has 2 aromatic rings. The summed E-state index contributed by atoms with van der Waals surface area (Å²) >= 11 is 6.22. The van der Waals surface area contributed by atoms with E-state index in [1.807, 2.05) is 13.8 Å². The van der Waals surface area contributed by atoms with Gasteiger partial charge in [-0.25, -0.2) is 0 Å². The molecule has 162 valence electrons. The Morgan fingerprint density at radius 1 is 1.23 bits per heavy atom. The van der Waals surface area contributed by atoms with Crippen molar-refractivity contribution in [2.45, 2.75) is 77.2 Å². The molecule has 1 saturated carbocycles. The summed E-state index contributed by atoms with van der Waals surface area (Å²) in [7, 11) is 0. The Balaban J connectivity index is 1.50. The van der Waals surface area contributed by atoms with Gasteiger partial charge < -0.3 is 15.2 Å². The van der Waals surface area contributed by atoms with Crippen LogP contribution in [0.1, 0.15) is 86.8 Å². The zero-order valence-electron chi connectivity index (χ0n) is 17.5. The van der Waals surface area contributed by atoms with Gasteiger partial charge in [-0.15, -0.1) is 0 Å². The van der Waals surface area contributed by atoms with Crippen molar-refractivity contribution < 1.29 is 14.1 Å². The number of carbonyl (C=O) groups excluding carboxylic acids is 2. The van der Waals surface area contributed by atoms with E-state index >= 15 is 0 Å². The second-order valence-corrected chi connectivity index (χ2v) is 8.51. The van der Waals surface area contributed by atoms with Crippen molar-refractivity contribution in [1.82, 2.24) is 15.5 Å². The molecule has 0 aliphatic heterocycles.